The van der Waals surface area contributed by atoms with Gasteiger partial charge in [-0.25, -0.2) is 9.98 Å². The maximum Gasteiger partial charge on any atom is 0.215 e. The average Bonchev–Trinajstić information content (AvgIpc) is 2.48. The molecule has 1 aliphatic heterocycles. The first-order valence-electron chi connectivity index (χ1n) is 8.60. The molecule has 1 aliphatic carbocycles. The van der Waals surface area contributed by atoms with E-state index in [1.54, 1.807) is 0 Å². The van der Waals surface area contributed by atoms with Crippen molar-refractivity contribution in [1.29, 1.82) is 0 Å². The van der Waals surface area contributed by atoms with Crippen LogP contribution in [0.15, 0.2) is 22.4 Å². The number of hydrogen-bond acceptors (Lipinski definition) is 3. The minimum atomic E-state index is 0.293. The van der Waals surface area contributed by atoms with Crippen molar-refractivity contribution in [3.63, 3.8) is 0 Å². The van der Waals surface area contributed by atoms with Gasteiger partial charge in [-0.05, 0) is 39.5 Å². The number of aliphatic imine (C=N–C) groups is 2. The molecule has 0 aromatic rings. The van der Waals surface area contributed by atoms with E-state index in [1.165, 1.54) is 32.1 Å². The zero-order valence-corrected chi connectivity index (χ0v) is 14.1. The van der Waals surface area contributed by atoms with E-state index in [0.29, 0.717) is 18.0 Å². The molecule has 0 atom stereocenters. The third-order valence-electron chi connectivity index (χ3n) is 4.48. The van der Waals surface area contributed by atoms with Gasteiger partial charge in [-0.1, -0.05) is 25.8 Å². The van der Waals surface area contributed by atoms with E-state index in [2.05, 4.69) is 26.8 Å². The normalized spacial score (nSPS) is 21.5. The number of likely N-dealkylation sites (tertiary alicyclic amines) is 1. The Balaban J connectivity index is 1.76. The summed E-state index contributed by atoms with van der Waals surface area (Å²) in [6, 6.07) is 0.913. The van der Waals surface area contributed by atoms with Gasteiger partial charge < -0.3 is 16.0 Å². The van der Waals surface area contributed by atoms with Crippen LogP contribution in [0, 0.1) is 0 Å². The highest BCUT2D eigenvalue weighted by atomic mass is 15.3. The Morgan fingerprint density at radius 1 is 1.09 bits per heavy atom. The maximum absolute atomic E-state index is 5.84. The molecule has 2 fully saturated rings. The van der Waals surface area contributed by atoms with E-state index < -0.39 is 0 Å². The number of rotatable bonds is 4. The SMILES string of the molecule is C=C(NC1CCCCC1)N1CCC(N=C(N)N=C(C)C)CC1. The highest BCUT2D eigenvalue weighted by molar-refractivity contribution is 5.93. The van der Waals surface area contributed by atoms with Crippen LogP contribution < -0.4 is 11.1 Å². The lowest BCUT2D eigenvalue weighted by atomic mass is 9.95. The number of hydrogen-bond donors (Lipinski definition) is 2. The molecule has 0 unspecified atom stereocenters. The third-order valence-corrected chi connectivity index (χ3v) is 4.48. The molecule has 5 nitrogen and oxygen atoms in total. The van der Waals surface area contributed by atoms with Crippen LogP contribution in [-0.4, -0.2) is 41.7 Å². The van der Waals surface area contributed by atoms with E-state index in [1.807, 2.05) is 13.8 Å². The van der Waals surface area contributed by atoms with Crippen LogP contribution >= 0.6 is 0 Å². The molecule has 1 saturated carbocycles. The Bertz CT molecular complexity index is 422. The predicted octanol–water partition coefficient (Wildman–Crippen LogP) is 2.64. The number of nitrogens with zero attached hydrogens (tertiary/aromatic N) is 3. The minimum absolute atomic E-state index is 0.293. The summed E-state index contributed by atoms with van der Waals surface area (Å²) in [5, 5.41) is 3.62. The Kier molecular flexibility index (Phi) is 6.28. The topological polar surface area (TPSA) is 66.0 Å². The second kappa shape index (κ2) is 8.20. The molecule has 0 bridgehead atoms. The quantitative estimate of drug-likeness (QED) is 0.620. The van der Waals surface area contributed by atoms with E-state index in [-0.39, 0.29) is 0 Å². The average molecular weight is 305 g/mol. The lowest BCUT2D eigenvalue weighted by Crippen LogP contribution is -2.42. The molecule has 3 N–H and O–H groups in total. The first-order chi connectivity index (χ1) is 10.5. The second-order valence-electron chi connectivity index (χ2n) is 6.69. The maximum atomic E-state index is 5.84. The molecule has 0 spiro atoms. The van der Waals surface area contributed by atoms with Gasteiger partial charge in [-0.15, -0.1) is 0 Å². The van der Waals surface area contributed by atoms with Crippen LogP contribution in [0.2, 0.25) is 0 Å². The molecule has 124 valence electrons. The summed E-state index contributed by atoms with van der Waals surface area (Å²) in [5.41, 5.74) is 6.79. The fourth-order valence-corrected chi connectivity index (χ4v) is 3.28. The van der Waals surface area contributed by atoms with Crippen molar-refractivity contribution in [2.24, 2.45) is 15.7 Å². The Labute approximate surface area is 134 Å². The number of nitrogens with one attached hydrogen (secondary N) is 1. The van der Waals surface area contributed by atoms with Crippen molar-refractivity contribution in [3.8, 4) is 0 Å². The smallest absolute Gasteiger partial charge is 0.215 e. The summed E-state index contributed by atoms with van der Waals surface area (Å²) in [6.45, 7) is 10.1. The molecule has 1 saturated heterocycles. The van der Waals surface area contributed by atoms with Crippen LogP contribution in [0.25, 0.3) is 0 Å². The molecule has 0 amide bonds. The summed E-state index contributed by atoms with van der Waals surface area (Å²) in [6.07, 6.45) is 8.68. The van der Waals surface area contributed by atoms with Gasteiger partial charge in [0.1, 0.15) is 0 Å². The summed E-state index contributed by atoms with van der Waals surface area (Å²) < 4.78 is 0. The highest BCUT2D eigenvalue weighted by Gasteiger charge is 2.21. The second-order valence-corrected chi connectivity index (χ2v) is 6.69. The minimum Gasteiger partial charge on any atom is -0.370 e. The molecule has 1 heterocycles. The third kappa shape index (κ3) is 5.35. The number of piperidine rings is 1. The molecule has 2 rings (SSSR count). The lowest BCUT2D eigenvalue weighted by Gasteiger charge is -2.36. The van der Waals surface area contributed by atoms with Gasteiger partial charge in [0.15, 0.2) is 0 Å². The summed E-state index contributed by atoms with van der Waals surface area (Å²) in [4.78, 5) is 11.1. The summed E-state index contributed by atoms with van der Waals surface area (Å²) >= 11 is 0. The largest absolute Gasteiger partial charge is 0.370 e. The van der Waals surface area contributed by atoms with Crippen molar-refractivity contribution >= 4 is 11.7 Å². The van der Waals surface area contributed by atoms with Crippen LogP contribution in [0.5, 0.6) is 0 Å². The molecular formula is C17H31N5. The monoisotopic (exact) mass is 305 g/mol. The van der Waals surface area contributed by atoms with Gasteiger partial charge in [-0.3, -0.25) is 0 Å². The van der Waals surface area contributed by atoms with Crippen molar-refractivity contribution in [3.05, 3.63) is 12.4 Å². The van der Waals surface area contributed by atoms with Gasteiger partial charge in [0.25, 0.3) is 0 Å². The number of guanidine groups is 1. The Morgan fingerprint density at radius 3 is 2.32 bits per heavy atom. The standard InChI is InChI=1S/C17H31N5/c1-13(2)19-17(18)21-16-9-11-22(12-10-16)14(3)20-15-7-5-4-6-8-15/h15-16,20H,3-12H2,1-2H3,(H2,18,21). The van der Waals surface area contributed by atoms with Crippen LogP contribution in [-0.2, 0) is 0 Å². The highest BCUT2D eigenvalue weighted by Crippen LogP contribution is 2.21. The molecule has 22 heavy (non-hydrogen) atoms. The first-order valence-corrected chi connectivity index (χ1v) is 8.60. The predicted molar refractivity (Wildman–Crippen MR) is 94.1 cm³/mol. The Hall–Kier alpha value is -1.52. The first kappa shape index (κ1) is 16.8. The van der Waals surface area contributed by atoms with Crippen LogP contribution in [0.3, 0.4) is 0 Å². The van der Waals surface area contributed by atoms with Gasteiger partial charge in [0, 0.05) is 24.8 Å². The van der Waals surface area contributed by atoms with Gasteiger partial charge in [-0.2, -0.15) is 0 Å². The van der Waals surface area contributed by atoms with Gasteiger partial charge in [0.05, 0.1) is 11.9 Å². The molecular weight excluding hydrogens is 274 g/mol. The molecule has 5 heteroatoms. The summed E-state index contributed by atoms with van der Waals surface area (Å²) in [7, 11) is 0. The van der Waals surface area contributed by atoms with E-state index in [0.717, 1.165) is 37.5 Å². The molecule has 0 radical (unpaired) electrons. The van der Waals surface area contributed by atoms with Crippen molar-refractivity contribution in [1.82, 2.24) is 10.2 Å². The van der Waals surface area contributed by atoms with Crippen LogP contribution in [0.1, 0.15) is 58.8 Å². The van der Waals surface area contributed by atoms with E-state index in [9.17, 15) is 0 Å². The molecule has 0 aromatic heterocycles. The number of nitrogens with two attached hydrogens (primary N) is 1. The fourth-order valence-electron chi connectivity index (χ4n) is 3.28. The van der Waals surface area contributed by atoms with Gasteiger partial charge >= 0.3 is 0 Å². The van der Waals surface area contributed by atoms with Crippen molar-refractivity contribution in [2.75, 3.05) is 13.1 Å². The van der Waals surface area contributed by atoms with Crippen molar-refractivity contribution in [2.45, 2.75) is 70.9 Å². The van der Waals surface area contributed by atoms with E-state index >= 15 is 0 Å². The van der Waals surface area contributed by atoms with E-state index in [4.69, 9.17) is 5.73 Å². The zero-order valence-electron chi connectivity index (χ0n) is 14.1. The molecule has 0 aromatic carbocycles. The van der Waals surface area contributed by atoms with Crippen molar-refractivity contribution < 1.29 is 0 Å². The zero-order chi connectivity index (χ0) is 15.9. The Morgan fingerprint density at radius 2 is 1.73 bits per heavy atom. The van der Waals surface area contributed by atoms with Gasteiger partial charge in [0.2, 0.25) is 5.96 Å². The fraction of sp³-hybridized carbons (Fsp3) is 0.765. The summed E-state index contributed by atoms with van der Waals surface area (Å²) in [5.74, 6) is 1.50. The molecule has 2 aliphatic rings. The van der Waals surface area contributed by atoms with Crippen LogP contribution in [0.4, 0.5) is 0 Å². The lowest BCUT2D eigenvalue weighted by molar-refractivity contribution is 0.236.